The molecule has 3 aromatic rings. The molecular formula is C27H33N3O5S. The molecule has 4 rings (SSSR count). The van der Waals surface area contributed by atoms with Crippen LogP contribution in [0.5, 0.6) is 0 Å². The summed E-state index contributed by atoms with van der Waals surface area (Å²) in [7, 11) is 6.19. The predicted molar refractivity (Wildman–Crippen MR) is 140 cm³/mol. The summed E-state index contributed by atoms with van der Waals surface area (Å²) in [6, 6.07) is 10.1. The topological polar surface area (TPSA) is 92.1 Å². The second kappa shape index (κ2) is 10.8. The molecule has 1 aromatic carbocycles. The Balaban J connectivity index is 1.98. The number of hydrogen-bond donors (Lipinski definition) is 1. The van der Waals surface area contributed by atoms with Crippen molar-refractivity contribution >= 4 is 39.3 Å². The fraction of sp³-hybridized carbons (Fsp3) is 0.444. The number of likely N-dealkylation sites (N-methyl/N-ethyl adjacent to an activating group) is 2. The van der Waals surface area contributed by atoms with Gasteiger partial charge >= 0.3 is 17.8 Å². The van der Waals surface area contributed by atoms with Gasteiger partial charge in [-0.2, -0.15) is 0 Å². The highest BCUT2D eigenvalue weighted by atomic mass is 32.1. The van der Waals surface area contributed by atoms with E-state index in [1.54, 1.807) is 7.11 Å². The van der Waals surface area contributed by atoms with Gasteiger partial charge in [0.25, 0.3) is 0 Å². The molecule has 1 aliphatic carbocycles. The number of benzene rings is 1. The number of carbonyl (C=O) groups excluding carboxylic acids is 2. The third-order valence-electron chi connectivity index (χ3n) is 6.86. The summed E-state index contributed by atoms with van der Waals surface area (Å²) in [6.07, 6.45) is 5.60. The Hall–Kier alpha value is -3.17. The standard InChI is InChI=1S/C27H33N3O5S/c1-28(2)25(31)26(32)29(3)15-19-22-24(36-23(19)27(33)34)20(17-11-7-5-8-12-17)21(30(22)16-35-4)18-13-9-6-10-14-18/h6,9-10,13-14,17H,5,7-8,11-12,15-16H2,1-4H3,(H,33,34). The number of thiophene rings is 1. The Morgan fingerprint density at radius 3 is 2.31 bits per heavy atom. The molecule has 0 bridgehead atoms. The van der Waals surface area contributed by atoms with Crippen LogP contribution in [0.1, 0.15) is 58.8 Å². The summed E-state index contributed by atoms with van der Waals surface area (Å²) < 4.78 is 8.61. The maximum absolute atomic E-state index is 12.7. The molecule has 0 saturated heterocycles. The molecule has 2 amide bonds. The Bertz CT molecular complexity index is 1270. The average molecular weight is 512 g/mol. The molecule has 0 atom stereocenters. The first-order valence-corrected chi connectivity index (χ1v) is 13.0. The lowest BCUT2D eigenvalue weighted by molar-refractivity contribution is -0.149. The maximum Gasteiger partial charge on any atom is 0.346 e. The van der Waals surface area contributed by atoms with Crippen LogP contribution < -0.4 is 0 Å². The number of hydrogen-bond acceptors (Lipinski definition) is 5. The van der Waals surface area contributed by atoms with Gasteiger partial charge in [0.2, 0.25) is 0 Å². The van der Waals surface area contributed by atoms with Crippen molar-refractivity contribution in [1.82, 2.24) is 14.4 Å². The van der Waals surface area contributed by atoms with Crippen molar-refractivity contribution in [3.05, 3.63) is 46.3 Å². The first kappa shape index (κ1) is 25.9. The number of methoxy groups -OCH3 is 1. The number of rotatable bonds is 7. The molecule has 0 aliphatic heterocycles. The Labute approximate surface area is 215 Å². The van der Waals surface area contributed by atoms with Gasteiger partial charge in [-0.3, -0.25) is 9.59 Å². The van der Waals surface area contributed by atoms with Crippen molar-refractivity contribution in [3.8, 4) is 11.3 Å². The summed E-state index contributed by atoms with van der Waals surface area (Å²) in [4.78, 5) is 40.1. The van der Waals surface area contributed by atoms with Crippen molar-refractivity contribution in [1.29, 1.82) is 0 Å². The molecule has 2 aromatic heterocycles. The minimum atomic E-state index is -1.04. The van der Waals surface area contributed by atoms with Gasteiger partial charge in [-0.1, -0.05) is 49.6 Å². The van der Waals surface area contributed by atoms with E-state index in [9.17, 15) is 19.5 Å². The molecule has 36 heavy (non-hydrogen) atoms. The van der Waals surface area contributed by atoms with Gasteiger partial charge < -0.3 is 24.2 Å². The zero-order valence-electron chi connectivity index (χ0n) is 21.2. The van der Waals surface area contributed by atoms with Crippen LogP contribution in [0.3, 0.4) is 0 Å². The highest BCUT2D eigenvalue weighted by Crippen LogP contribution is 2.48. The van der Waals surface area contributed by atoms with Crippen LogP contribution in [-0.2, 0) is 27.6 Å². The highest BCUT2D eigenvalue weighted by Gasteiger charge is 2.33. The molecule has 0 radical (unpaired) electrons. The van der Waals surface area contributed by atoms with Crippen molar-refractivity contribution in [2.75, 3.05) is 28.3 Å². The molecule has 192 valence electrons. The average Bonchev–Trinajstić information content (AvgIpc) is 3.39. The maximum atomic E-state index is 12.7. The smallest absolute Gasteiger partial charge is 0.346 e. The van der Waals surface area contributed by atoms with E-state index >= 15 is 0 Å². The Morgan fingerprint density at radius 2 is 1.72 bits per heavy atom. The molecule has 1 saturated carbocycles. The van der Waals surface area contributed by atoms with Gasteiger partial charge in [0.05, 0.1) is 15.9 Å². The molecule has 1 aliphatic rings. The van der Waals surface area contributed by atoms with E-state index in [-0.39, 0.29) is 18.2 Å². The van der Waals surface area contributed by atoms with Crippen LogP contribution in [0.4, 0.5) is 0 Å². The lowest BCUT2D eigenvalue weighted by Crippen LogP contribution is -2.40. The quantitative estimate of drug-likeness (QED) is 0.462. The monoisotopic (exact) mass is 511 g/mol. The van der Waals surface area contributed by atoms with E-state index < -0.39 is 17.8 Å². The number of ether oxygens (including phenoxy) is 1. The van der Waals surface area contributed by atoms with Crippen LogP contribution in [0, 0.1) is 0 Å². The number of carbonyl (C=O) groups is 3. The lowest BCUT2D eigenvalue weighted by atomic mass is 9.83. The van der Waals surface area contributed by atoms with Gasteiger partial charge in [0, 0.05) is 40.4 Å². The first-order chi connectivity index (χ1) is 17.3. The van der Waals surface area contributed by atoms with Crippen LogP contribution >= 0.6 is 11.3 Å². The van der Waals surface area contributed by atoms with Crippen molar-refractivity contribution in [2.45, 2.75) is 51.3 Å². The predicted octanol–water partition coefficient (Wildman–Crippen LogP) is 4.77. The van der Waals surface area contributed by atoms with Crippen LogP contribution in [0.2, 0.25) is 0 Å². The van der Waals surface area contributed by atoms with Gasteiger partial charge in [-0.15, -0.1) is 11.3 Å². The zero-order chi connectivity index (χ0) is 26.0. The minimum absolute atomic E-state index is 0.00606. The van der Waals surface area contributed by atoms with E-state index in [4.69, 9.17) is 4.74 Å². The lowest BCUT2D eigenvalue weighted by Gasteiger charge is -2.23. The molecular weight excluding hydrogens is 478 g/mol. The number of nitrogens with zero attached hydrogens (tertiary/aromatic N) is 3. The number of aromatic carboxylic acids is 1. The van der Waals surface area contributed by atoms with E-state index in [1.165, 1.54) is 54.3 Å². The molecule has 2 heterocycles. The molecule has 8 nitrogen and oxygen atoms in total. The molecule has 0 unspecified atom stereocenters. The molecule has 0 spiro atoms. The Morgan fingerprint density at radius 1 is 1.06 bits per heavy atom. The Kier molecular flexibility index (Phi) is 7.80. The summed E-state index contributed by atoms with van der Waals surface area (Å²) in [6.45, 7) is 0.247. The molecule has 1 N–H and O–H groups in total. The number of fused-ring (bicyclic) bond motifs is 1. The van der Waals surface area contributed by atoms with Crippen molar-refractivity contribution in [2.24, 2.45) is 0 Å². The third kappa shape index (κ3) is 4.77. The summed E-state index contributed by atoms with van der Waals surface area (Å²) in [5, 5.41) is 10.1. The minimum Gasteiger partial charge on any atom is -0.477 e. The SMILES string of the molecule is COCn1c(-c2ccccc2)c(C2CCCCC2)c2sc(C(=O)O)c(CN(C)C(=O)C(=O)N(C)C)c21. The first-order valence-electron chi connectivity index (χ1n) is 12.2. The normalized spacial score (nSPS) is 14.2. The summed E-state index contributed by atoms with van der Waals surface area (Å²) in [5.74, 6) is -2.06. The number of carboxylic acid groups (broad SMARTS) is 1. The van der Waals surface area contributed by atoms with E-state index in [1.807, 2.05) is 18.2 Å². The van der Waals surface area contributed by atoms with Crippen LogP contribution in [0.15, 0.2) is 30.3 Å². The molecule has 9 heteroatoms. The van der Waals surface area contributed by atoms with Gasteiger partial charge in [0.15, 0.2) is 0 Å². The van der Waals surface area contributed by atoms with E-state index in [0.717, 1.165) is 47.2 Å². The highest BCUT2D eigenvalue weighted by molar-refractivity contribution is 7.21. The van der Waals surface area contributed by atoms with Crippen LogP contribution in [-0.4, -0.2) is 65.5 Å². The van der Waals surface area contributed by atoms with Gasteiger partial charge in [-0.05, 0) is 29.9 Å². The van der Waals surface area contributed by atoms with E-state index in [2.05, 4.69) is 16.7 Å². The zero-order valence-corrected chi connectivity index (χ0v) is 22.1. The number of aromatic nitrogens is 1. The van der Waals surface area contributed by atoms with E-state index in [0.29, 0.717) is 11.5 Å². The fourth-order valence-electron chi connectivity index (χ4n) is 5.21. The van der Waals surface area contributed by atoms with Gasteiger partial charge in [-0.25, -0.2) is 4.79 Å². The van der Waals surface area contributed by atoms with Crippen molar-refractivity contribution < 1.29 is 24.2 Å². The van der Waals surface area contributed by atoms with Crippen molar-refractivity contribution in [3.63, 3.8) is 0 Å². The molecule has 1 fully saturated rings. The van der Waals surface area contributed by atoms with Crippen LogP contribution in [0.25, 0.3) is 21.5 Å². The fourth-order valence-corrected chi connectivity index (χ4v) is 6.49. The second-order valence-corrected chi connectivity index (χ2v) is 10.6. The third-order valence-corrected chi connectivity index (χ3v) is 8.11. The number of amides is 2. The number of carboxylic acids is 1. The van der Waals surface area contributed by atoms with Gasteiger partial charge in [0.1, 0.15) is 11.6 Å². The second-order valence-electron chi connectivity index (χ2n) is 9.56. The largest absolute Gasteiger partial charge is 0.477 e. The summed E-state index contributed by atoms with van der Waals surface area (Å²) >= 11 is 1.27. The summed E-state index contributed by atoms with van der Waals surface area (Å²) in [5.41, 5.74) is 4.57.